The lowest BCUT2D eigenvalue weighted by atomic mass is 10.0. The second-order valence-corrected chi connectivity index (χ2v) is 3.26. The van der Waals surface area contributed by atoms with Crippen molar-refractivity contribution in [3.63, 3.8) is 0 Å². The SMILES string of the molecule is C=CCNCC(C)c1ccccc1. The van der Waals surface area contributed by atoms with Crippen LogP contribution in [-0.4, -0.2) is 13.1 Å². The second-order valence-electron chi connectivity index (χ2n) is 3.26. The van der Waals surface area contributed by atoms with Crippen molar-refractivity contribution in [2.24, 2.45) is 0 Å². The van der Waals surface area contributed by atoms with Crippen LogP contribution in [0.15, 0.2) is 43.0 Å². The molecule has 0 fully saturated rings. The summed E-state index contributed by atoms with van der Waals surface area (Å²) in [7, 11) is 0. The van der Waals surface area contributed by atoms with Crippen molar-refractivity contribution >= 4 is 0 Å². The van der Waals surface area contributed by atoms with Gasteiger partial charge in [-0.05, 0) is 11.5 Å². The minimum absolute atomic E-state index is 0.571. The number of nitrogens with one attached hydrogen (secondary N) is 1. The third-order valence-corrected chi connectivity index (χ3v) is 2.11. The van der Waals surface area contributed by atoms with Crippen LogP contribution in [0.4, 0.5) is 0 Å². The summed E-state index contributed by atoms with van der Waals surface area (Å²) in [6, 6.07) is 10.5. The van der Waals surface area contributed by atoms with Crippen LogP contribution in [0.5, 0.6) is 0 Å². The Hall–Kier alpha value is -1.08. The molecule has 1 unspecified atom stereocenters. The molecule has 0 aromatic heterocycles. The highest BCUT2D eigenvalue weighted by Gasteiger charge is 2.02. The number of benzene rings is 1. The topological polar surface area (TPSA) is 12.0 Å². The van der Waals surface area contributed by atoms with Crippen LogP contribution in [-0.2, 0) is 0 Å². The van der Waals surface area contributed by atoms with Gasteiger partial charge >= 0.3 is 0 Å². The van der Waals surface area contributed by atoms with Crippen LogP contribution in [0, 0.1) is 0 Å². The van der Waals surface area contributed by atoms with Crippen LogP contribution < -0.4 is 5.32 Å². The zero-order chi connectivity index (χ0) is 9.52. The minimum Gasteiger partial charge on any atom is -0.313 e. The van der Waals surface area contributed by atoms with Gasteiger partial charge in [0.15, 0.2) is 0 Å². The Labute approximate surface area is 80.5 Å². The molecule has 0 spiro atoms. The third kappa shape index (κ3) is 3.43. The van der Waals surface area contributed by atoms with Crippen molar-refractivity contribution in [2.45, 2.75) is 12.8 Å². The van der Waals surface area contributed by atoms with Crippen molar-refractivity contribution in [3.05, 3.63) is 48.6 Å². The zero-order valence-corrected chi connectivity index (χ0v) is 8.16. The average molecular weight is 175 g/mol. The fourth-order valence-corrected chi connectivity index (χ4v) is 1.30. The standard InChI is InChI=1S/C12H17N/c1-3-9-13-10-11(2)12-7-5-4-6-8-12/h3-8,11,13H,1,9-10H2,2H3. The Kier molecular flexibility index (Phi) is 4.27. The minimum atomic E-state index is 0.571. The predicted octanol–water partition coefficient (Wildman–Crippen LogP) is 2.57. The molecular formula is C12H17N. The molecule has 0 aliphatic heterocycles. The summed E-state index contributed by atoms with van der Waals surface area (Å²) in [5.41, 5.74) is 1.39. The van der Waals surface area contributed by atoms with Gasteiger partial charge in [-0.25, -0.2) is 0 Å². The van der Waals surface area contributed by atoms with Gasteiger partial charge in [-0.15, -0.1) is 6.58 Å². The first kappa shape index (κ1) is 10.0. The van der Waals surface area contributed by atoms with Gasteiger partial charge in [-0.1, -0.05) is 43.3 Å². The van der Waals surface area contributed by atoms with Gasteiger partial charge in [0.05, 0.1) is 0 Å². The highest BCUT2D eigenvalue weighted by Crippen LogP contribution is 2.12. The van der Waals surface area contributed by atoms with Crippen LogP contribution >= 0.6 is 0 Å². The average Bonchev–Trinajstić information content (AvgIpc) is 2.19. The summed E-state index contributed by atoms with van der Waals surface area (Å²) >= 11 is 0. The number of hydrogen-bond donors (Lipinski definition) is 1. The van der Waals surface area contributed by atoms with E-state index in [0.29, 0.717) is 5.92 Å². The van der Waals surface area contributed by atoms with Crippen molar-refractivity contribution < 1.29 is 0 Å². The largest absolute Gasteiger partial charge is 0.313 e. The maximum Gasteiger partial charge on any atom is 0.0132 e. The highest BCUT2D eigenvalue weighted by molar-refractivity contribution is 5.18. The van der Waals surface area contributed by atoms with Gasteiger partial charge in [0.25, 0.3) is 0 Å². The Morgan fingerprint density at radius 3 is 2.69 bits per heavy atom. The molecule has 0 aliphatic carbocycles. The van der Waals surface area contributed by atoms with Gasteiger partial charge in [0.2, 0.25) is 0 Å². The van der Waals surface area contributed by atoms with Crippen LogP contribution in [0.1, 0.15) is 18.4 Å². The lowest BCUT2D eigenvalue weighted by Gasteiger charge is -2.11. The van der Waals surface area contributed by atoms with Crippen LogP contribution in [0.2, 0.25) is 0 Å². The van der Waals surface area contributed by atoms with E-state index < -0.39 is 0 Å². The molecule has 70 valence electrons. The molecule has 1 rings (SSSR count). The maximum atomic E-state index is 3.67. The molecule has 0 radical (unpaired) electrons. The smallest absolute Gasteiger partial charge is 0.0132 e. The van der Waals surface area contributed by atoms with E-state index in [1.807, 2.05) is 12.1 Å². The van der Waals surface area contributed by atoms with Gasteiger partial charge in [0.1, 0.15) is 0 Å². The molecule has 0 saturated heterocycles. The first-order chi connectivity index (χ1) is 6.34. The van der Waals surface area contributed by atoms with Crippen LogP contribution in [0.25, 0.3) is 0 Å². The van der Waals surface area contributed by atoms with E-state index in [9.17, 15) is 0 Å². The molecular weight excluding hydrogens is 158 g/mol. The quantitative estimate of drug-likeness (QED) is 0.535. The van der Waals surface area contributed by atoms with Gasteiger partial charge in [0, 0.05) is 13.1 Å². The molecule has 0 aliphatic rings. The predicted molar refractivity (Wildman–Crippen MR) is 57.9 cm³/mol. The summed E-state index contributed by atoms with van der Waals surface area (Å²) in [6.07, 6.45) is 1.89. The fourth-order valence-electron chi connectivity index (χ4n) is 1.30. The van der Waals surface area contributed by atoms with Crippen molar-refractivity contribution in [2.75, 3.05) is 13.1 Å². The van der Waals surface area contributed by atoms with E-state index in [4.69, 9.17) is 0 Å². The Bertz CT molecular complexity index is 241. The molecule has 0 amide bonds. The fraction of sp³-hybridized carbons (Fsp3) is 0.333. The second kappa shape index (κ2) is 5.55. The summed E-state index contributed by atoms with van der Waals surface area (Å²) in [4.78, 5) is 0. The van der Waals surface area contributed by atoms with Gasteiger partial charge < -0.3 is 5.32 Å². The number of rotatable bonds is 5. The Morgan fingerprint density at radius 1 is 1.38 bits per heavy atom. The monoisotopic (exact) mass is 175 g/mol. The molecule has 1 nitrogen and oxygen atoms in total. The summed E-state index contributed by atoms with van der Waals surface area (Å²) < 4.78 is 0. The number of hydrogen-bond acceptors (Lipinski definition) is 1. The molecule has 13 heavy (non-hydrogen) atoms. The Morgan fingerprint density at radius 2 is 2.08 bits per heavy atom. The molecule has 1 N–H and O–H groups in total. The van der Waals surface area contributed by atoms with E-state index in [0.717, 1.165) is 13.1 Å². The molecule has 1 atom stereocenters. The van der Waals surface area contributed by atoms with Crippen molar-refractivity contribution in [1.82, 2.24) is 5.32 Å². The zero-order valence-electron chi connectivity index (χ0n) is 8.16. The van der Waals surface area contributed by atoms with E-state index in [-0.39, 0.29) is 0 Å². The lowest BCUT2D eigenvalue weighted by molar-refractivity contribution is 0.651. The van der Waals surface area contributed by atoms with E-state index in [1.54, 1.807) is 0 Å². The van der Waals surface area contributed by atoms with E-state index >= 15 is 0 Å². The first-order valence-corrected chi connectivity index (χ1v) is 4.71. The Balaban J connectivity index is 2.39. The van der Waals surface area contributed by atoms with Gasteiger partial charge in [-0.2, -0.15) is 0 Å². The summed E-state index contributed by atoms with van der Waals surface area (Å²) in [5, 5.41) is 3.32. The molecule has 0 bridgehead atoms. The van der Waals surface area contributed by atoms with Crippen molar-refractivity contribution in [1.29, 1.82) is 0 Å². The highest BCUT2D eigenvalue weighted by atomic mass is 14.8. The van der Waals surface area contributed by atoms with Gasteiger partial charge in [-0.3, -0.25) is 0 Å². The maximum absolute atomic E-state index is 3.67. The molecule has 0 heterocycles. The van der Waals surface area contributed by atoms with E-state index in [1.165, 1.54) is 5.56 Å². The molecule has 0 saturated carbocycles. The van der Waals surface area contributed by atoms with Crippen LogP contribution in [0.3, 0.4) is 0 Å². The summed E-state index contributed by atoms with van der Waals surface area (Å²) in [5.74, 6) is 0.571. The molecule has 1 heteroatoms. The summed E-state index contributed by atoms with van der Waals surface area (Å²) in [6.45, 7) is 7.79. The van der Waals surface area contributed by atoms with E-state index in [2.05, 4.69) is 43.1 Å². The van der Waals surface area contributed by atoms with Crippen molar-refractivity contribution in [3.8, 4) is 0 Å². The first-order valence-electron chi connectivity index (χ1n) is 4.71. The third-order valence-electron chi connectivity index (χ3n) is 2.11. The normalized spacial score (nSPS) is 12.4. The molecule has 1 aromatic carbocycles. The molecule has 1 aromatic rings. The lowest BCUT2D eigenvalue weighted by Crippen LogP contribution is -2.19.